The summed E-state index contributed by atoms with van der Waals surface area (Å²) in [7, 11) is 0. The van der Waals surface area contributed by atoms with E-state index in [9.17, 15) is 0 Å². The van der Waals surface area contributed by atoms with Crippen LogP contribution in [-0.2, 0) is 0 Å². The molecule has 0 aliphatic rings. The third-order valence-corrected chi connectivity index (χ3v) is 1.39. The SMILES string of the molecule is Cl.Oc1cnc2[nH]ccc2c1. The largest absolute Gasteiger partial charge is 0.506 e. The second-order valence-corrected chi connectivity index (χ2v) is 2.11. The second-order valence-electron chi connectivity index (χ2n) is 2.11. The highest BCUT2D eigenvalue weighted by molar-refractivity contribution is 5.85. The van der Waals surface area contributed by atoms with Crippen molar-refractivity contribution in [1.29, 1.82) is 0 Å². The third kappa shape index (κ3) is 1.28. The van der Waals surface area contributed by atoms with Gasteiger partial charge in [0.15, 0.2) is 0 Å². The molecular formula is C7H7ClN2O. The van der Waals surface area contributed by atoms with Crippen LogP contribution in [0.1, 0.15) is 0 Å². The number of nitrogens with one attached hydrogen (secondary N) is 1. The van der Waals surface area contributed by atoms with Crippen LogP contribution in [0.4, 0.5) is 0 Å². The molecule has 4 heteroatoms. The lowest BCUT2D eigenvalue weighted by atomic mass is 10.3. The van der Waals surface area contributed by atoms with Gasteiger partial charge >= 0.3 is 0 Å². The number of hydrogen-bond acceptors (Lipinski definition) is 2. The number of fused-ring (bicyclic) bond motifs is 1. The Kier molecular flexibility index (Phi) is 2.01. The Morgan fingerprint density at radius 1 is 1.45 bits per heavy atom. The fourth-order valence-electron chi connectivity index (χ4n) is 0.928. The first-order chi connectivity index (χ1) is 4.86. The minimum atomic E-state index is 0. The first-order valence-corrected chi connectivity index (χ1v) is 2.98. The highest BCUT2D eigenvalue weighted by atomic mass is 35.5. The third-order valence-electron chi connectivity index (χ3n) is 1.39. The maximum Gasteiger partial charge on any atom is 0.137 e. The number of aromatic hydroxyl groups is 1. The Bertz CT molecular complexity index is 358. The van der Waals surface area contributed by atoms with E-state index in [0.29, 0.717) is 0 Å². The van der Waals surface area contributed by atoms with Crippen LogP contribution in [0.15, 0.2) is 24.5 Å². The molecule has 11 heavy (non-hydrogen) atoms. The van der Waals surface area contributed by atoms with Crippen molar-refractivity contribution >= 4 is 23.4 Å². The molecule has 58 valence electrons. The molecule has 0 atom stereocenters. The van der Waals surface area contributed by atoms with E-state index < -0.39 is 0 Å². The van der Waals surface area contributed by atoms with Gasteiger partial charge in [0.05, 0.1) is 6.20 Å². The van der Waals surface area contributed by atoms with Gasteiger partial charge in [-0.05, 0) is 12.1 Å². The van der Waals surface area contributed by atoms with E-state index in [2.05, 4.69) is 9.97 Å². The number of H-pyrrole nitrogens is 1. The van der Waals surface area contributed by atoms with Gasteiger partial charge in [-0.2, -0.15) is 0 Å². The molecule has 2 aromatic heterocycles. The molecule has 0 fully saturated rings. The Morgan fingerprint density at radius 3 is 3.09 bits per heavy atom. The molecule has 3 nitrogen and oxygen atoms in total. The fraction of sp³-hybridized carbons (Fsp3) is 0. The average Bonchev–Trinajstić information content (AvgIpc) is 2.33. The van der Waals surface area contributed by atoms with Crippen LogP contribution in [0.25, 0.3) is 11.0 Å². The average molecular weight is 171 g/mol. The molecule has 2 rings (SSSR count). The molecule has 0 aliphatic heterocycles. The zero-order valence-corrected chi connectivity index (χ0v) is 6.43. The van der Waals surface area contributed by atoms with Gasteiger partial charge in [-0.1, -0.05) is 0 Å². The van der Waals surface area contributed by atoms with Crippen molar-refractivity contribution in [3.8, 4) is 5.75 Å². The molecule has 0 radical (unpaired) electrons. The number of aromatic amines is 1. The summed E-state index contributed by atoms with van der Waals surface area (Å²) in [6.45, 7) is 0. The van der Waals surface area contributed by atoms with Gasteiger partial charge in [-0.15, -0.1) is 12.4 Å². The van der Waals surface area contributed by atoms with Crippen LogP contribution in [0, 0.1) is 0 Å². The number of aromatic nitrogens is 2. The van der Waals surface area contributed by atoms with Crippen molar-refractivity contribution in [2.75, 3.05) is 0 Å². The van der Waals surface area contributed by atoms with Crippen LogP contribution in [-0.4, -0.2) is 15.1 Å². The Balaban J connectivity index is 0.000000605. The van der Waals surface area contributed by atoms with Crippen LogP contribution in [0.5, 0.6) is 5.75 Å². The van der Waals surface area contributed by atoms with Gasteiger partial charge in [-0.25, -0.2) is 4.98 Å². The second kappa shape index (κ2) is 2.80. The van der Waals surface area contributed by atoms with Crippen molar-refractivity contribution in [2.45, 2.75) is 0 Å². The standard InChI is InChI=1S/C7H6N2O.ClH/c10-6-3-5-1-2-8-7(5)9-4-6;/h1-4,10H,(H,8,9);1H. The summed E-state index contributed by atoms with van der Waals surface area (Å²) in [5.41, 5.74) is 0.804. The maximum atomic E-state index is 8.97. The Labute approximate surface area is 69.5 Å². The lowest BCUT2D eigenvalue weighted by Gasteiger charge is -1.88. The number of pyridine rings is 1. The van der Waals surface area contributed by atoms with Gasteiger partial charge in [0.25, 0.3) is 0 Å². The van der Waals surface area contributed by atoms with Crippen LogP contribution >= 0.6 is 12.4 Å². The molecule has 0 bridgehead atoms. The molecule has 0 amide bonds. The van der Waals surface area contributed by atoms with Crippen LogP contribution in [0.2, 0.25) is 0 Å². The summed E-state index contributed by atoms with van der Waals surface area (Å²) in [5.74, 6) is 0.201. The van der Waals surface area contributed by atoms with Gasteiger partial charge in [-0.3, -0.25) is 0 Å². The van der Waals surface area contributed by atoms with Crippen LogP contribution < -0.4 is 0 Å². The van der Waals surface area contributed by atoms with Crippen molar-refractivity contribution in [1.82, 2.24) is 9.97 Å². The zero-order valence-electron chi connectivity index (χ0n) is 5.61. The Morgan fingerprint density at radius 2 is 2.27 bits per heavy atom. The molecule has 0 saturated heterocycles. The van der Waals surface area contributed by atoms with E-state index in [1.807, 2.05) is 6.07 Å². The summed E-state index contributed by atoms with van der Waals surface area (Å²) >= 11 is 0. The normalized spacial score (nSPS) is 9.45. The number of halogens is 1. The summed E-state index contributed by atoms with van der Waals surface area (Å²) in [5, 5.41) is 9.90. The van der Waals surface area contributed by atoms with E-state index in [1.165, 1.54) is 6.20 Å². The monoisotopic (exact) mass is 170 g/mol. The van der Waals surface area contributed by atoms with E-state index >= 15 is 0 Å². The minimum absolute atomic E-state index is 0. The van der Waals surface area contributed by atoms with Gasteiger partial charge in [0.2, 0.25) is 0 Å². The summed E-state index contributed by atoms with van der Waals surface area (Å²) < 4.78 is 0. The molecule has 2 aromatic rings. The highest BCUT2D eigenvalue weighted by Crippen LogP contribution is 2.14. The molecule has 0 spiro atoms. The maximum absolute atomic E-state index is 8.97. The van der Waals surface area contributed by atoms with Crippen molar-refractivity contribution < 1.29 is 5.11 Å². The quantitative estimate of drug-likeness (QED) is 0.632. The van der Waals surface area contributed by atoms with Gasteiger partial charge in [0, 0.05) is 11.6 Å². The van der Waals surface area contributed by atoms with E-state index in [-0.39, 0.29) is 18.2 Å². The molecule has 0 aromatic carbocycles. The first-order valence-electron chi connectivity index (χ1n) is 2.98. The Hall–Kier alpha value is -1.22. The summed E-state index contributed by atoms with van der Waals surface area (Å²) in [6, 6.07) is 3.53. The fourth-order valence-corrected chi connectivity index (χ4v) is 0.928. The van der Waals surface area contributed by atoms with Gasteiger partial charge < -0.3 is 10.1 Å². The van der Waals surface area contributed by atoms with Crippen molar-refractivity contribution in [3.63, 3.8) is 0 Å². The predicted octanol–water partition coefficient (Wildman–Crippen LogP) is 1.69. The zero-order chi connectivity index (χ0) is 6.97. The lowest BCUT2D eigenvalue weighted by Crippen LogP contribution is -1.73. The van der Waals surface area contributed by atoms with E-state index in [1.54, 1.807) is 12.3 Å². The molecular weight excluding hydrogens is 164 g/mol. The molecule has 0 unspecified atom stereocenters. The van der Waals surface area contributed by atoms with E-state index in [0.717, 1.165) is 11.0 Å². The van der Waals surface area contributed by atoms with Crippen molar-refractivity contribution in [3.05, 3.63) is 24.5 Å². The van der Waals surface area contributed by atoms with Gasteiger partial charge in [0.1, 0.15) is 11.4 Å². The highest BCUT2D eigenvalue weighted by Gasteiger charge is 1.94. The number of rotatable bonds is 0. The summed E-state index contributed by atoms with van der Waals surface area (Å²) in [4.78, 5) is 6.86. The molecule has 2 N–H and O–H groups in total. The smallest absolute Gasteiger partial charge is 0.137 e. The summed E-state index contributed by atoms with van der Waals surface area (Å²) in [6.07, 6.45) is 3.20. The number of hydrogen-bond donors (Lipinski definition) is 2. The molecule has 2 heterocycles. The number of nitrogens with zero attached hydrogens (tertiary/aromatic N) is 1. The first kappa shape index (κ1) is 7.88. The predicted molar refractivity (Wildman–Crippen MR) is 45.0 cm³/mol. The van der Waals surface area contributed by atoms with E-state index in [4.69, 9.17) is 5.11 Å². The minimum Gasteiger partial charge on any atom is -0.506 e. The molecule has 0 saturated carbocycles. The topological polar surface area (TPSA) is 48.9 Å². The van der Waals surface area contributed by atoms with Crippen molar-refractivity contribution in [2.24, 2.45) is 0 Å². The lowest BCUT2D eigenvalue weighted by molar-refractivity contribution is 0.474. The van der Waals surface area contributed by atoms with Crippen LogP contribution in [0.3, 0.4) is 0 Å². The molecule has 0 aliphatic carbocycles.